The Morgan fingerprint density at radius 3 is 2.42 bits per heavy atom. The van der Waals surface area contributed by atoms with Gasteiger partial charge in [0.05, 0.1) is 11.1 Å². The van der Waals surface area contributed by atoms with Gasteiger partial charge < -0.3 is 14.9 Å². The van der Waals surface area contributed by atoms with Gasteiger partial charge in [0.15, 0.2) is 0 Å². The number of halogens is 1. The Morgan fingerprint density at radius 2 is 1.70 bits per heavy atom. The molecule has 1 fully saturated rings. The van der Waals surface area contributed by atoms with E-state index >= 15 is 0 Å². The van der Waals surface area contributed by atoms with Crippen molar-refractivity contribution in [2.75, 3.05) is 24.5 Å². The second-order valence-corrected chi connectivity index (χ2v) is 8.19. The van der Waals surface area contributed by atoms with Crippen LogP contribution in [0.5, 0.6) is 0 Å². The third-order valence-corrected chi connectivity index (χ3v) is 6.08. The molecule has 0 radical (unpaired) electrons. The van der Waals surface area contributed by atoms with Gasteiger partial charge >= 0.3 is 5.97 Å². The summed E-state index contributed by atoms with van der Waals surface area (Å²) in [5, 5.41) is 11.3. The molecule has 33 heavy (non-hydrogen) atoms. The molecular formula is C24H20ClN5O3. The van der Waals surface area contributed by atoms with Crippen molar-refractivity contribution in [3.05, 3.63) is 83.8 Å². The van der Waals surface area contributed by atoms with Crippen molar-refractivity contribution in [2.24, 2.45) is 0 Å². The van der Waals surface area contributed by atoms with Crippen LogP contribution in [0.4, 0.5) is 5.69 Å². The maximum atomic E-state index is 13.6. The molecule has 1 aliphatic rings. The van der Waals surface area contributed by atoms with Crippen LogP contribution in [-0.2, 0) is 4.79 Å². The van der Waals surface area contributed by atoms with Crippen molar-refractivity contribution in [2.45, 2.75) is 6.04 Å². The molecule has 2 aromatic heterocycles. The molecule has 3 heterocycles. The van der Waals surface area contributed by atoms with E-state index in [1.165, 1.54) is 4.90 Å². The van der Waals surface area contributed by atoms with E-state index in [-0.39, 0.29) is 19.0 Å². The highest BCUT2D eigenvalue weighted by molar-refractivity contribution is 6.30. The van der Waals surface area contributed by atoms with E-state index in [2.05, 4.69) is 9.97 Å². The number of carboxylic acid groups (broad SMARTS) is 1. The van der Waals surface area contributed by atoms with E-state index in [0.29, 0.717) is 23.1 Å². The van der Waals surface area contributed by atoms with Gasteiger partial charge in [-0.15, -0.1) is 0 Å². The summed E-state index contributed by atoms with van der Waals surface area (Å²) in [6.07, 6.45) is 4.96. The lowest BCUT2D eigenvalue weighted by molar-refractivity contribution is -0.142. The standard InChI is InChI=1S/C24H20ClN5O3/c25-16-6-8-17(9-7-16)28-12-13-29(21(15-28)23(32)33)22(31)19-14-30(24-26-10-3-11-27-24)20-5-2-1-4-18(19)20/h1-11,14,21H,12-13,15H2,(H,32,33)/t21-/m1/s1. The predicted octanol–water partition coefficient (Wildman–Crippen LogP) is 3.49. The number of anilines is 1. The van der Waals surface area contributed by atoms with Crippen molar-refractivity contribution in [1.82, 2.24) is 19.4 Å². The fourth-order valence-corrected chi connectivity index (χ4v) is 4.34. The van der Waals surface area contributed by atoms with Gasteiger partial charge in [-0.25, -0.2) is 14.8 Å². The molecule has 1 atom stereocenters. The summed E-state index contributed by atoms with van der Waals surface area (Å²) < 4.78 is 1.75. The summed E-state index contributed by atoms with van der Waals surface area (Å²) in [5.41, 5.74) is 2.07. The molecule has 0 spiro atoms. The van der Waals surface area contributed by atoms with Gasteiger partial charge in [0, 0.05) is 54.3 Å². The minimum Gasteiger partial charge on any atom is -0.480 e. The average molecular weight is 462 g/mol. The number of aliphatic carboxylic acids is 1. The number of benzene rings is 2. The Labute approximate surface area is 194 Å². The minimum atomic E-state index is -1.04. The fourth-order valence-electron chi connectivity index (χ4n) is 4.21. The van der Waals surface area contributed by atoms with E-state index in [4.69, 9.17) is 11.6 Å². The summed E-state index contributed by atoms with van der Waals surface area (Å²) in [6, 6.07) is 15.4. The SMILES string of the molecule is O=C(O)[C@H]1CN(c2ccc(Cl)cc2)CCN1C(=O)c1cn(-c2ncccn2)c2ccccc12. The molecule has 1 aliphatic heterocycles. The largest absolute Gasteiger partial charge is 0.480 e. The third kappa shape index (κ3) is 3.89. The Morgan fingerprint density at radius 1 is 0.970 bits per heavy atom. The summed E-state index contributed by atoms with van der Waals surface area (Å²) >= 11 is 5.98. The molecule has 166 valence electrons. The highest BCUT2D eigenvalue weighted by atomic mass is 35.5. The van der Waals surface area contributed by atoms with Crippen LogP contribution in [0, 0.1) is 0 Å². The molecule has 0 saturated carbocycles. The van der Waals surface area contributed by atoms with Crippen LogP contribution in [-0.4, -0.2) is 62.1 Å². The number of carbonyl (C=O) groups excluding carboxylic acids is 1. The van der Waals surface area contributed by atoms with Crippen molar-refractivity contribution < 1.29 is 14.7 Å². The highest BCUT2D eigenvalue weighted by Crippen LogP contribution is 2.27. The second kappa shape index (κ2) is 8.55. The Balaban J connectivity index is 1.49. The smallest absolute Gasteiger partial charge is 0.328 e. The quantitative estimate of drug-likeness (QED) is 0.500. The topological polar surface area (TPSA) is 91.6 Å². The van der Waals surface area contributed by atoms with Gasteiger partial charge in [-0.3, -0.25) is 9.36 Å². The van der Waals surface area contributed by atoms with E-state index in [0.717, 1.165) is 16.6 Å². The minimum absolute atomic E-state index is 0.184. The number of hydrogen-bond donors (Lipinski definition) is 1. The second-order valence-electron chi connectivity index (χ2n) is 7.75. The number of aromatic nitrogens is 3. The van der Waals surface area contributed by atoms with Gasteiger partial charge in [-0.05, 0) is 36.4 Å². The van der Waals surface area contributed by atoms with Gasteiger partial charge in [0.2, 0.25) is 5.95 Å². The first-order valence-corrected chi connectivity index (χ1v) is 10.8. The monoisotopic (exact) mass is 461 g/mol. The Hall–Kier alpha value is -3.91. The zero-order valence-electron chi connectivity index (χ0n) is 17.5. The average Bonchev–Trinajstić information content (AvgIpc) is 3.24. The number of piperazine rings is 1. The van der Waals surface area contributed by atoms with Crippen molar-refractivity contribution in [3.63, 3.8) is 0 Å². The van der Waals surface area contributed by atoms with E-state index in [1.54, 1.807) is 41.4 Å². The fraction of sp³-hybridized carbons (Fsp3) is 0.167. The number of carbonyl (C=O) groups is 2. The van der Waals surface area contributed by atoms with Gasteiger partial charge in [0.1, 0.15) is 6.04 Å². The van der Waals surface area contributed by atoms with Crippen molar-refractivity contribution in [1.29, 1.82) is 0 Å². The zero-order valence-corrected chi connectivity index (χ0v) is 18.3. The van der Waals surface area contributed by atoms with Gasteiger partial charge in [0.25, 0.3) is 5.91 Å². The third-order valence-electron chi connectivity index (χ3n) is 5.83. The molecule has 0 unspecified atom stereocenters. The number of nitrogens with zero attached hydrogens (tertiary/aromatic N) is 5. The number of amides is 1. The summed E-state index contributed by atoms with van der Waals surface area (Å²) in [6.45, 7) is 0.973. The van der Waals surface area contributed by atoms with Gasteiger partial charge in [-0.1, -0.05) is 29.8 Å². The molecule has 2 aromatic carbocycles. The number of para-hydroxylation sites is 1. The number of fused-ring (bicyclic) bond motifs is 1. The normalized spacial score (nSPS) is 16.2. The van der Waals surface area contributed by atoms with Crippen LogP contribution < -0.4 is 4.90 Å². The van der Waals surface area contributed by atoms with Crippen LogP contribution in [0.25, 0.3) is 16.9 Å². The highest BCUT2D eigenvalue weighted by Gasteiger charge is 2.37. The number of rotatable bonds is 4. The Kier molecular flexibility index (Phi) is 5.43. The molecule has 1 amide bonds. The lowest BCUT2D eigenvalue weighted by atomic mass is 10.1. The first kappa shape index (κ1) is 21.0. The Bertz CT molecular complexity index is 1320. The van der Waals surface area contributed by atoms with Crippen LogP contribution >= 0.6 is 11.6 Å². The maximum absolute atomic E-state index is 13.6. The van der Waals surface area contributed by atoms with E-state index in [9.17, 15) is 14.7 Å². The molecule has 1 saturated heterocycles. The van der Waals surface area contributed by atoms with Crippen LogP contribution in [0.15, 0.2) is 73.2 Å². The first-order valence-electron chi connectivity index (χ1n) is 10.4. The predicted molar refractivity (Wildman–Crippen MR) is 125 cm³/mol. The summed E-state index contributed by atoms with van der Waals surface area (Å²) in [7, 11) is 0. The molecule has 5 rings (SSSR count). The van der Waals surface area contributed by atoms with E-state index < -0.39 is 12.0 Å². The van der Waals surface area contributed by atoms with Crippen LogP contribution in [0.3, 0.4) is 0 Å². The molecule has 0 aliphatic carbocycles. The van der Waals surface area contributed by atoms with Gasteiger partial charge in [-0.2, -0.15) is 0 Å². The van der Waals surface area contributed by atoms with Crippen molar-refractivity contribution >= 4 is 40.1 Å². The summed E-state index contributed by atoms with van der Waals surface area (Å²) in [5.74, 6) is -0.934. The molecule has 0 bridgehead atoms. The van der Waals surface area contributed by atoms with Crippen LogP contribution in [0.1, 0.15) is 10.4 Å². The molecule has 4 aromatic rings. The lowest BCUT2D eigenvalue weighted by Gasteiger charge is -2.40. The molecule has 9 heteroatoms. The first-order chi connectivity index (χ1) is 16.0. The molecule has 8 nitrogen and oxygen atoms in total. The van der Waals surface area contributed by atoms with Crippen LogP contribution in [0.2, 0.25) is 5.02 Å². The molecule has 1 N–H and O–H groups in total. The maximum Gasteiger partial charge on any atom is 0.328 e. The van der Waals surface area contributed by atoms with E-state index in [1.807, 2.05) is 41.3 Å². The zero-order chi connectivity index (χ0) is 22.9. The van der Waals surface area contributed by atoms with Crippen molar-refractivity contribution in [3.8, 4) is 5.95 Å². The number of carboxylic acids is 1. The summed E-state index contributed by atoms with van der Waals surface area (Å²) in [4.78, 5) is 37.8. The lowest BCUT2D eigenvalue weighted by Crippen LogP contribution is -2.58. The number of hydrogen-bond acceptors (Lipinski definition) is 5. The molecular weight excluding hydrogens is 442 g/mol.